The summed E-state index contributed by atoms with van der Waals surface area (Å²) < 4.78 is 7.11. The Kier molecular flexibility index (Phi) is 5.13. The molecule has 0 atom stereocenters. The van der Waals surface area contributed by atoms with Crippen LogP contribution in [0.3, 0.4) is 0 Å². The maximum absolute atomic E-state index is 6.07. The minimum absolute atomic E-state index is 0.701. The largest absolute Gasteiger partial charge is 0.497 e. The van der Waals surface area contributed by atoms with Crippen molar-refractivity contribution in [2.45, 2.75) is 6.54 Å². The second kappa shape index (κ2) is 6.64. The number of hydrogen-bond acceptors (Lipinski definition) is 2. The molecule has 0 amide bonds. The average Bonchev–Trinajstić information content (AvgIpc) is 2.39. The van der Waals surface area contributed by atoms with Gasteiger partial charge in [0.15, 0.2) is 0 Å². The third-order valence-electron chi connectivity index (χ3n) is 2.59. The summed E-state index contributed by atoms with van der Waals surface area (Å²) >= 11 is 12.9. The Labute approximate surface area is 134 Å². The standard InChI is InChI=1S/C14H12Br2ClNO/c1-19-12-6-10(15)5-11(7-12)18-8-9-2-3-13(16)14(17)4-9/h2-7,18H,8H2,1H3. The SMILES string of the molecule is COc1cc(Br)cc(NCc2ccc(Br)c(Cl)c2)c1. The molecule has 0 aliphatic heterocycles. The Bertz CT molecular complexity index is 590. The molecule has 100 valence electrons. The van der Waals surface area contributed by atoms with Crippen molar-refractivity contribution in [3.8, 4) is 5.75 Å². The number of anilines is 1. The normalized spacial score (nSPS) is 10.3. The summed E-state index contributed by atoms with van der Waals surface area (Å²) in [7, 11) is 1.65. The number of methoxy groups -OCH3 is 1. The average molecular weight is 406 g/mol. The number of benzene rings is 2. The van der Waals surface area contributed by atoms with Gasteiger partial charge in [-0.25, -0.2) is 0 Å². The molecule has 2 aromatic rings. The molecule has 0 saturated carbocycles. The molecule has 0 heterocycles. The van der Waals surface area contributed by atoms with E-state index < -0.39 is 0 Å². The molecule has 1 N–H and O–H groups in total. The molecule has 0 aliphatic carbocycles. The van der Waals surface area contributed by atoms with E-state index in [2.05, 4.69) is 37.2 Å². The van der Waals surface area contributed by atoms with Crippen LogP contribution in [0.15, 0.2) is 45.3 Å². The fourth-order valence-corrected chi connectivity index (χ4v) is 2.56. The molecular weight excluding hydrogens is 393 g/mol. The molecule has 5 heteroatoms. The summed E-state index contributed by atoms with van der Waals surface area (Å²) in [5.74, 6) is 0.811. The lowest BCUT2D eigenvalue weighted by atomic mass is 10.2. The van der Waals surface area contributed by atoms with Crippen LogP contribution in [0.5, 0.6) is 5.75 Å². The third-order valence-corrected chi connectivity index (χ3v) is 4.28. The van der Waals surface area contributed by atoms with Gasteiger partial charge in [0.1, 0.15) is 5.75 Å². The van der Waals surface area contributed by atoms with Crippen molar-refractivity contribution in [1.29, 1.82) is 0 Å². The summed E-state index contributed by atoms with van der Waals surface area (Å²) in [6, 6.07) is 11.8. The molecule has 2 rings (SSSR count). The molecule has 0 bridgehead atoms. The van der Waals surface area contributed by atoms with E-state index in [4.69, 9.17) is 16.3 Å². The Morgan fingerprint density at radius 2 is 1.95 bits per heavy atom. The van der Waals surface area contributed by atoms with Crippen molar-refractivity contribution in [1.82, 2.24) is 0 Å². The van der Waals surface area contributed by atoms with Gasteiger partial charge in [0.25, 0.3) is 0 Å². The van der Waals surface area contributed by atoms with Crippen LogP contribution in [0.25, 0.3) is 0 Å². The molecule has 0 fully saturated rings. The molecular formula is C14H12Br2ClNO. The Morgan fingerprint density at radius 3 is 2.63 bits per heavy atom. The quantitative estimate of drug-likeness (QED) is 0.727. The van der Waals surface area contributed by atoms with Crippen LogP contribution in [0, 0.1) is 0 Å². The van der Waals surface area contributed by atoms with E-state index in [-0.39, 0.29) is 0 Å². The highest BCUT2D eigenvalue weighted by Gasteiger charge is 2.02. The summed E-state index contributed by atoms with van der Waals surface area (Å²) in [6.07, 6.45) is 0. The molecule has 0 saturated heterocycles. The van der Waals surface area contributed by atoms with Gasteiger partial charge in [0.05, 0.1) is 12.1 Å². The first-order chi connectivity index (χ1) is 9.08. The second-order valence-corrected chi connectivity index (χ2v) is 6.16. The van der Waals surface area contributed by atoms with E-state index in [1.165, 1.54) is 0 Å². The first kappa shape index (κ1) is 14.7. The summed E-state index contributed by atoms with van der Waals surface area (Å²) in [6.45, 7) is 0.701. The lowest BCUT2D eigenvalue weighted by molar-refractivity contribution is 0.414. The van der Waals surface area contributed by atoms with Crippen molar-refractivity contribution < 1.29 is 4.74 Å². The number of hydrogen-bond donors (Lipinski definition) is 1. The molecule has 2 aromatic carbocycles. The van der Waals surface area contributed by atoms with Gasteiger partial charge in [-0.2, -0.15) is 0 Å². The van der Waals surface area contributed by atoms with Crippen LogP contribution in [0.4, 0.5) is 5.69 Å². The highest BCUT2D eigenvalue weighted by Crippen LogP contribution is 2.26. The van der Waals surface area contributed by atoms with Crippen LogP contribution in [0.1, 0.15) is 5.56 Å². The van der Waals surface area contributed by atoms with Gasteiger partial charge in [0, 0.05) is 27.2 Å². The van der Waals surface area contributed by atoms with Gasteiger partial charge >= 0.3 is 0 Å². The van der Waals surface area contributed by atoms with Gasteiger partial charge < -0.3 is 10.1 Å². The minimum atomic E-state index is 0.701. The summed E-state index contributed by atoms with van der Waals surface area (Å²) in [5, 5.41) is 4.05. The maximum atomic E-state index is 6.07. The van der Waals surface area contributed by atoms with E-state index in [0.717, 1.165) is 25.9 Å². The highest BCUT2D eigenvalue weighted by atomic mass is 79.9. The van der Waals surface area contributed by atoms with Crippen LogP contribution < -0.4 is 10.1 Å². The zero-order valence-electron chi connectivity index (χ0n) is 10.2. The van der Waals surface area contributed by atoms with E-state index in [1.54, 1.807) is 7.11 Å². The van der Waals surface area contributed by atoms with Crippen molar-refractivity contribution in [2.75, 3.05) is 12.4 Å². The smallest absolute Gasteiger partial charge is 0.122 e. The van der Waals surface area contributed by atoms with Crippen molar-refractivity contribution in [2.24, 2.45) is 0 Å². The minimum Gasteiger partial charge on any atom is -0.497 e. The number of halogens is 3. The van der Waals surface area contributed by atoms with E-state index >= 15 is 0 Å². The van der Waals surface area contributed by atoms with E-state index in [0.29, 0.717) is 11.6 Å². The monoisotopic (exact) mass is 403 g/mol. The second-order valence-electron chi connectivity index (χ2n) is 3.98. The number of nitrogens with one attached hydrogen (secondary N) is 1. The summed E-state index contributed by atoms with van der Waals surface area (Å²) in [4.78, 5) is 0. The molecule has 0 aliphatic rings. The fourth-order valence-electron chi connectivity index (χ4n) is 1.64. The van der Waals surface area contributed by atoms with Crippen molar-refractivity contribution in [3.05, 3.63) is 55.9 Å². The van der Waals surface area contributed by atoms with Crippen LogP contribution >= 0.6 is 43.5 Å². The molecule has 2 nitrogen and oxygen atoms in total. The highest BCUT2D eigenvalue weighted by molar-refractivity contribution is 9.10. The maximum Gasteiger partial charge on any atom is 0.122 e. The topological polar surface area (TPSA) is 21.3 Å². The lowest BCUT2D eigenvalue weighted by Gasteiger charge is -2.10. The van der Waals surface area contributed by atoms with E-state index in [9.17, 15) is 0 Å². The third kappa shape index (κ3) is 4.13. The van der Waals surface area contributed by atoms with Crippen LogP contribution in [-0.4, -0.2) is 7.11 Å². The van der Waals surface area contributed by atoms with Gasteiger partial charge in [-0.15, -0.1) is 0 Å². The van der Waals surface area contributed by atoms with Crippen molar-refractivity contribution >= 4 is 49.1 Å². The molecule has 0 aromatic heterocycles. The predicted molar refractivity (Wildman–Crippen MR) is 87.2 cm³/mol. The summed E-state index contributed by atoms with van der Waals surface area (Å²) in [5.41, 5.74) is 2.11. The van der Waals surface area contributed by atoms with Gasteiger partial charge in [-0.05, 0) is 45.8 Å². The molecule has 0 radical (unpaired) electrons. The molecule has 19 heavy (non-hydrogen) atoms. The van der Waals surface area contributed by atoms with Gasteiger partial charge in [-0.1, -0.05) is 33.6 Å². The fraction of sp³-hybridized carbons (Fsp3) is 0.143. The van der Waals surface area contributed by atoms with E-state index in [1.807, 2.05) is 36.4 Å². The van der Waals surface area contributed by atoms with Gasteiger partial charge in [-0.3, -0.25) is 0 Å². The zero-order valence-corrected chi connectivity index (χ0v) is 14.1. The van der Waals surface area contributed by atoms with Crippen molar-refractivity contribution in [3.63, 3.8) is 0 Å². The predicted octanol–water partition coefficient (Wildman–Crippen LogP) is 5.49. The molecule has 0 unspecified atom stereocenters. The van der Waals surface area contributed by atoms with Crippen LogP contribution in [-0.2, 0) is 6.54 Å². The lowest BCUT2D eigenvalue weighted by Crippen LogP contribution is -1.99. The Morgan fingerprint density at radius 1 is 1.16 bits per heavy atom. The Hall–Kier alpha value is -0.710. The number of ether oxygens (including phenoxy) is 1. The Balaban J connectivity index is 2.09. The van der Waals surface area contributed by atoms with Gasteiger partial charge in [0.2, 0.25) is 0 Å². The van der Waals surface area contributed by atoms with Crippen LogP contribution in [0.2, 0.25) is 5.02 Å². The first-order valence-electron chi connectivity index (χ1n) is 5.61. The first-order valence-corrected chi connectivity index (χ1v) is 7.57. The number of rotatable bonds is 4. The molecule has 0 spiro atoms. The zero-order chi connectivity index (χ0) is 13.8.